The summed E-state index contributed by atoms with van der Waals surface area (Å²) in [4.78, 5) is 33.4. The highest BCUT2D eigenvalue weighted by molar-refractivity contribution is 6.31. The van der Waals surface area contributed by atoms with Gasteiger partial charge in [-0.1, -0.05) is 44.7 Å². The first-order chi connectivity index (χ1) is 15.9. The molecule has 1 atom stereocenters. The van der Waals surface area contributed by atoms with Crippen LogP contribution in [0.25, 0.3) is 10.9 Å². The molecular weight excluding hydrogens is 441 g/mol. The minimum atomic E-state index is -0.403. The lowest BCUT2D eigenvalue weighted by atomic mass is 10.1. The second-order valence-electron chi connectivity index (χ2n) is 8.17. The Morgan fingerprint density at radius 2 is 1.82 bits per heavy atom. The monoisotopic (exact) mass is 471 g/mol. The molecular formula is C26H31ClFN3O2. The Kier molecular flexibility index (Phi) is 8.61. The molecule has 176 valence electrons. The average molecular weight is 472 g/mol. The van der Waals surface area contributed by atoms with Crippen LogP contribution < -0.4 is 5.56 Å². The summed E-state index contributed by atoms with van der Waals surface area (Å²) < 4.78 is 15.1. The fourth-order valence-electron chi connectivity index (χ4n) is 4.18. The van der Waals surface area contributed by atoms with Crippen molar-refractivity contribution in [3.63, 3.8) is 0 Å². The fraction of sp³-hybridized carbons (Fsp3) is 0.423. The van der Waals surface area contributed by atoms with Gasteiger partial charge in [-0.05, 0) is 62.2 Å². The first-order valence-electron chi connectivity index (χ1n) is 11.7. The molecule has 0 aliphatic rings. The molecule has 2 aromatic carbocycles. The Bertz CT molecular complexity index is 1160. The third-order valence-corrected chi connectivity index (χ3v) is 6.16. The van der Waals surface area contributed by atoms with Gasteiger partial charge in [-0.3, -0.25) is 14.2 Å². The maximum absolute atomic E-state index is 13.6. The van der Waals surface area contributed by atoms with Gasteiger partial charge in [0, 0.05) is 23.7 Å². The molecule has 0 bridgehead atoms. The third kappa shape index (κ3) is 5.61. The zero-order valence-electron chi connectivity index (χ0n) is 19.5. The van der Waals surface area contributed by atoms with E-state index in [9.17, 15) is 14.0 Å². The number of hydrogen-bond donors (Lipinski definition) is 0. The number of benzene rings is 2. The number of carbonyl (C=O) groups excluding carboxylic acids is 1. The number of rotatable bonds is 10. The van der Waals surface area contributed by atoms with Crippen molar-refractivity contribution in [2.24, 2.45) is 0 Å². The van der Waals surface area contributed by atoms with E-state index in [1.54, 1.807) is 27.7 Å². The minimum Gasteiger partial charge on any atom is -0.328 e. The van der Waals surface area contributed by atoms with Crippen LogP contribution in [0.15, 0.2) is 47.3 Å². The SMILES string of the molecule is CCCCCCN(C(=O)c1ccc(F)cc1)C(CC)c1nc2cc(Cl)ccc2c(=O)n1CC. The highest BCUT2D eigenvalue weighted by Crippen LogP contribution is 2.27. The van der Waals surface area contributed by atoms with Crippen LogP contribution in [0.4, 0.5) is 4.39 Å². The van der Waals surface area contributed by atoms with E-state index >= 15 is 0 Å². The summed E-state index contributed by atoms with van der Waals surface area (Å²) in [6, 6.07) is 10.2. The molecule has 5 nitrogen and oxygen atoms in total. The van der Waals surface area contributed by atoms with Gasteiger partial charge in [0.15, 0.2) is 0 Å². The molecule has 0 saturated carbocycles. The van der Waals surface area contributed by atoms with Crippen LogP contribution in [0.2, 0.25) is 5.02 Å². The van der Waals surface area contributed by atoms with E-state index in [1.807, 2.05) is 13.8 Å². The summed E-state index contributed by atoms with van der Waals surface area (Å²) in [7, 11) is 0. The second-order valence-corrected chi connectivity index (χ2v) is 8.61. The first-order valence-corrected chi connectivity index (χ1v) is 12.1. The molecule has 0 aliphatic carbocycles. The number of nitrogens with zero attached hydrogens (tertiary/aromatic N) is 3. The highest BCUT2D eigenvalue weighted by Gasteiger charge is 2.28. The van der Waals surface area contributed by atoms with Crippen LogP contribution >= 0.6 is 11.6 Å². The average Bonchev–Trinajstić information content (AvgIpc) is 2.81. The zero-order chi connectivity index (χ0) is 24.0. The predicted molar refractivity (Wildman–Crippen MR) is 131 cm³/mol. The normalized spacial score (nSPS) is 12.2. The molecule has 0 N–H and O–H groups in total. The third-order valence-electron chi connectivity index (χ3n) is 5.93. The quantitative estimate of drug-likeness (QED) is 0.322. The topological polar surface area (TPSA) is 55.2 Å². The molecule has 33 heavy (non-hydrogen) atoms. The van der Waals surface area contributed by atoms with E-state index in [0.717, 1.165) is 25.7 Å². The molecule has 1 heterocycles. The smallest absolute Gasteiger partial charge is 0.261 e. The molecule has 7 heteroatoms. The summed E-state index contributed by atoms with van der Waals surface area (Å²) in [6.45, 7) is 6.98. The maximum Gasteiger partial charge on any atom is 0.261 e. The molecule has 1 unspecified atom stereocenters. The molecule has 0 aliphatic heterocycles. The van der Waals surface area contributed by atoms with Crippen LogP contribution in [0.3, 0.4) is 0 Å². The summed E-state index contributed by atoms with van der Waals surface area (Å²) in [5, 5.41) is 1.00. The number of amides is 1. The largest absolute Gasteiger partial charge is 0.328 e. The van der Waals surface area contributed by atoms with Crippen molar-refractivity contribution in [2.75, 3.05) is 6.54 Å². The van der Waals surface area contributed by atoms with Crippen LogP contribution in [-0.4, -0.2) is 26.9 Å². The standard InChI is InChI=1S/C26H31ClFN3O2/c1-4-7-8-9-16-31(25(32)18-10-13-20(28)14-11-18)23(5-2)24-29-22-17-19(27)12-15-21(22)26(33)30(24)6-3/h10-15,17,23H,4-9,16H2,1-3H3. The Morgan fingerprint density at radius 3 is 2.45 bits per heavy atom. The van der Waals surface area contributed by atoms with Crippen LogP contribution in [0.5, 0.6) is 0 Å². The summed E-state index contributed by atoms with van der Waals surface area (Å²) in [6.07, 6.45) is 4.60. The van der Waals surface area contributed by atoms with Gasteiger partial charge in [0.05, 0.1) is 16.9 Å². The lowest BCUT2D eigenvalue weighted by Crippen LogP contribution is -2.39. The van der Waals surface area contributed by atoms with Crippen molar-refractivity contribution in [1.29, 1.82) is 0 Å². The Hall–Kier alpha value is -2.73. The Morgan fingerprint density at radius 1 is 1.09 bits per heavy atom. The van der Waals surface area contributed by atoms with Crippen molar-refractivity contribution in [2.45, 2.75) is 65.5 Å². The molecule has 1 aromatic heterocycles. The molecule has 0 radical (unpaired) electrons. The first kappa shape index (κ1) is 24.9. The highest BCUT2D eigenvalue weighted by atomic mass is 35.5. The van der Waals surface area contributed by atoms with Gasteiger partial charge in [0.2, 0.25) is 0 Å². The number of carbonyl (C=O) groups is 1. The molecule has 1 amide bonds. The van der Waals surface area contributed by atoms with Gasteiger partial charge in [-0.2, -0.15) is 0 Å². The summed E-state index contributed by atoms with van der Waals surface area (Å²) in [5.41, 5.74) is 0.790. The van der Waals surface area contributed by atoms with E-state index in [4.69, 9.17) is 16.6 Å². The van der Waals surface area contributed by atoms with Gasteiger partial charge >= 0.3 is 0 Å². The minimum absolute atomic E-state index is 0.146. The van der Waals surface area contributed by atoms with Gasteiger partial charge in [0.1, 0.15) is 11.6 Å². The van der Waals surface area contributed by atoms with Crippen LogP contribution in [-0.2, 0) is 6.54 Å². The number of aromatic nitrogens is 2. The number of halogens is 2. The summed E-state index contributed by atoms with van der Waals surface area (Å²) >= 11 is 6.17. The van der Waals surface area contributed by atoms with Crippen LogP contribution in [0, 0.1) is 5.82 Å². The summed E-state index contributed by atoms with van der Waals surface area (Å²) in [5.74, 6) is -0.0341. The predicted octanol–water partition coefficient (Wildman–Crippen LogP) is 6.38. The zero-order valence-corrected chi connectivity index (χ0v) is 20.2. The maximum atomic E-state index is 13.6. The molecule has 0 fully saturated rings. The lowest BCUT2D eigenvalue weighted by molar-refractivity contribution is 0.0652. The second kappa shape index (κ2) is 11.4. The number of unbranched alkanes of at least 4 members (excludes halogenated alkanes) is 3. The van der Waals surface area contributed by atoms with Crippen molar-refractivity contribution in [1.82, 2.24) is 14.5 Å². The number of fused-ring (bicyclic) bond motifs is 1. The van der Waals surface area contributed by atoms with Crippen LogP contribution in [0.1, 0.15) is 75.1 Å². The van der Waals surface area contributed by atoms with E-state index < -0.39 is 6.04 Å². The van der Waals surface area contributed by atoms with Gasteiger partial charge in [0.25, 0.3) is 11.5 Å². The molecule has 3 aromatic rings. The Labute approximate surface area is 199 Å². The van der Waals surface area contributed by atoms with E-state index in [2.05, 4.69) is 6.92 Å². The van der Waals surface area contributed by atoms with E-state index in [0.29, 0.717) is 46.8 Å². The van der Waals surface area contributed by atoms with Gasteiger partial charge < -0.3 is 4.90 Å². The van der Waals surface area contributed by atoms with E-state index in [1.165, 1.54) is 24.3 Å². The van der Waals surface area contributed by atoms with E-state index in [-0.39, 0.29) is 17.3 Å². The molecule has 0 spiro atoms. The fourth-order valence-corrected chi connectivity index (χ4v) is 4.35. The van der Waals surface area contributed by atoms with Crippen molar-refractivity contribution >= 4 is 28.4 Å². The van der Waals surface area contributed by atoms with Crippen molar-refractivity contribution < 1.29 is 9.18 Å². The van der Waals surface area contributed by atoms with Gasteiger partial charge in [-0.15, -0.1) is 0 Å². The van der Waals surface area contributed by atoms with Crippen molar-refractivity contribution in [3.05, 3.63) is 75.0 Å². The molecule has 3 rings (SSSR count). The molecule has 0 saturated heterocycles. The Balaban J connectivity index is 2.10. The number of hydrogen-bond acceptors (Lipinski definition) is 3. The lowest BCUT2D eigenvalue weighted by Gasteiger charge is -2.32. The van der Waals surface area contributed by atoms with Gasteiger partial charge in [-0.25, -0.2) is 9.37 Å². The van der Waals surface area contributed by atoms with Crippen molar-refractivity contribution in [3.8, 4) is 0 Å².